The number of fused-ring (bicyclic) bond motifs is 5. The first-order chi connectivity index (χ1) is 12.6. The third kappa shape index (κ3) is 2.49. The Bertz CT molecular complexity index is 643. The van der Waals surface area contributed by atoms with Crippen LogP contribution < -0.4 is 5.32 Å². The lowest BCUT2D eigenvalue weighted by Gasteiger charge is -2.61. The van der Waals surface area contributed by atoms with Gasteiger partial charge in [-0.2, -0.15) is 0 Å². The maximum atomic E-state index is 3.63. The van der Waals surface area contributed by atoms with Gasteiger partial charge in [0.15, 0.2) is 0 Å². The van der Waals surface area contributed by atoms with Gasteiger partial charge in [-0.25, -0.2) is 0 Å². The van der Waals surface area contributed by atoms with Crippen molar-refractivity contribution >= 4 is 0 Å². The average Bonchev–Trinajstić information content (AvgIpc) is 2.85. The Labute approximate surface area is 160 Å². The molecular weight excluding hydrogens is 314 g/mol. The van der Waals surface area contributed by atoms with Crippen LogP contribution in [0.15, 0.2) is 36.2 Å². The van der Waals surface area contributed by atoms with Crippen molar-refractivity contribution in [3.63, 3.8) is 0 Å². The summed E-state index contributed by atoms with van der Waals surface area (Å²) in [7, 11) is 0. The molecule has 7 atom stereocenters. The van der Waals surface area contributed by atoms with Gasteiger partial charge in [-0.3, -0.25) is 0 Å². The second-order valence-corrected chi connectivity index (χ2v) is 10.7. The van der Waals surface area contributed by atoms with E-state index in [-0.39, 0.29) is 0 Å². The number of nitrogens with one attached hydrogen (secondary N) is 1. The van der Waals surface area contributed by atoms with E-state index in [0.29, 0.717) is 10.8 Å². The van der Waals surface area contributed by atoms with Crippen molar-refractivity contribution in [3.8, 4) is 0 Å². The van der Waals surface area contributed by atoms with E-state index < -0.39 is 0 Å². The molecule has 5 rings (SSSR count). The molecule has 1 aliphatic heterocycles. The Hall–Kier alpha value is -0.980. The molecule has 0 amide bonds. The molecule has 1 heterocycles. The molecule has 0 saturated heterocycles. The van der Waals surface area contributed by atoms with Crippen LogP contribution in [0.2, 0.25) is 0 Å². The highest BCUT2D eigenvalue weighted by Gasteiger charge is 2.58. The molecule has 2 unspecified atom stereocenters. The van der Waals surface area contributed by atoms with Crippen molar-refractivity contribution in [2.45, 2.75) is 78.1 Å². The SMILES string of the molecule is C[C@@]12CCC[C@H]1[C@@H]1CCC3C(C4=CC=CC=CN4)CCC[C@]3(C)[C@H]1CC2. The number of allylic oxidation sites excluding steroid dienone is 5. The molecule has 0 aromatic heterocycles. The van der Waals surface area contributed by atoms with E-state index >= 15 is 0 Å². The Morgan fingerprint density at radius 3 is 2.62 bits per heavy atom. The fourth-order valence-corrected chi connectivity index (χ4v) is 8.49. The maximum Gasteiger partial charge on any atom is 0.0181 e. The molecule has 4 aliphatic carbocycles. The second-order valence-electron chi connectivity index (χ2n) is 10.7. The zero-order valence-electron chi connectivity index (χ0n) is 16.8. The lowest BCUT2D eigenvalue weighted by molar-refractivity contribution is -0.116. The first kappa shape index (κ1) is 17.1. The van der Waals surface area contributed by atoms with Crippen molar-refractivity contribution < 1.29 is 0 Å². The van der Waals surface area contributed by atoms with Crippen LogP contribution in [0.25, 0.3) is 0 Å². The lowest BCUT2D eigenvalue weighted by Crippen LogP contribution is -2.54. The van der Waals surface area contributed by atoms with E-state index in [1.54, 1.807) is 0 Å². The molecule has 0 radical (unpaired) electrons. The molecule has 1 N–H and O–H groups in total. The van der Waals surface area contributed by atoms with Crippen molar-refractivity contribution in [3.05, 3.63) is 36.2 Å². The molecule has 0 aromatic rings. The largest absolute Gasteiger partial charge is 0.365 e. The van der Waals surface area contributed by atoms with Gasteiger partial charge in [0.1, 0.15) is 0 Å². The second kappa shape index (κ2) is 6.28. The quantitative estimate of drug-likeness (QED) is 0.561. The van der Waals surface area contributed by atoms with Crippen molar-refractivity contribution in [2.24, 2.45) is 40.4 Å². The van der Waals surface area contributed by atoms with Crippen LogP contribution in [0, 0.1) is 40.4 Å². The number of rotatable bonds is 1. The summed E-state index contributed by atoms with van der Waals surface area (Å²) < 4.78 is 0. The van der Waals surface area contributed by atoms with E-state index in [4.69, 9.17) is 0 Å². The fourth-order valence-electron chi connectivity index (χ4n) is 8.49. The molecule has 0 spiro atoms. The van der Waals surface area contributed by atoms with Gasteiger partial charge in [-0.1, -0.05) is 38.8 Å². The normalized spacial score (nSPS) is 50.1. The van der Waals surface area contributed by atoms with Crippen LogP contribution in [-0.2, 0) is 0 Å². The maximum absolute atomic E-state index is 3.63. The number of hydrogen-bond acceptors (Lipinski definition) is 1. The molecule has 4 saturated carbocycles. The first-order valence-corrected chi connectivity index (χ1v) is 11.4. The molecule has 0 aromatic carbocycles. The summed E-state index contributed by atoms with van der Waals surface area (Å²) in [6.45, 7) is 5.35. The minimum absolute atomic E-state index is 0.581. The Morgan fingerprint density at radius 1 is 0.808 bits per heavy atom. The van der Waals surface area contributed by atoms with E-state index in [9.17, 15) is 0 Å². The first-order valence-electron chi connectivity index (χ1n) is 11.4. The molecule has 0 bridgehead atoms. The zero-order valence-corrected chi connectivity index (χ0v) is 16.8. The van der Waals surface area contributed by atoms with Gasteiger partial charge >= 0.3 is 0 Å². The Balaban J connectivity index is 1.44. The molecule has 26 heavy (non-hydrogen) atoms. The van der Waals surface area contributed by atoms with Crippen LogP contribution >= 0.6 is 0 Å². The summed E-state index contributed by atoms with van der Waals surface area (Å²) in [5.74, 6) is 4.71. The van der Waals surface area contributed by atoms with Gasteiger partial charge in [0.2, 0.25) is 0 Å². The fraction of sp³-hybridized carbons (Fsp3) is 0.760. The summed E-state index contributed by atoms with van der Waals surface area (Å²) in [5.41, 5.74) is 2.77. The molecule has 4 fully saturated rings. The molecule has 142 valence electrons. The molecule has 1 nitrogen and oxygen atoms in total. The van der Waals surface area contributed by atoms with Crippen LogP contribution in [0.1, 0.15) is 78.1 Å². The van der Waals surface area contributed by atoms with Gasteiger partial charge in [-0.15, -0.1) is 0 Å². The topological polar surface area (TPSA) is 12.0 Å². The summed E-state index contributed by atoms with van der Waals surface area (Å²) in [4.78, 5) is 0. The third-order valence-corrected chi connectivity index (χ3v) is 9.68. The Morgan fingerprint density at radius 2 is 1.69 bits per heavy atom. The minimum Gasteiger partial charge on any atom is -0.365 e. The average molecular weight is 352 g/mol. The van der Waals surface area contributed by atoms with Crippen molar-refractivity contribution in [1.29, 1.82) is 0 Å². The smallest absolute Gasteiger partial charge is 0.0181 e. The zero-order chi connectivity index (χ0) is 17.8. The minimum atomic E-state index is 0.581. The van der Waals surface area contributed by atoms with E-state index in [1.807, 2.05) is 0 Å². The standard InChI is InChI=1S/C25H37N/c1-24-14-7-9-20(24)18-11-12-21-19(23-10-4-3-5-17-26-23)8-6-15-25(21,2)22(18)13-16-24/h3-5,10,17-22,26H,6-9,11-16H2,1-2H3/t18-,19?,20-,21?,22-,24-,25-/m0/s1. The third-order valence-electron chi connectivity index (χ3n) is 9.68. The monoisotopic (exact) mass is 351 g/mol. The summed E-state index contributed by atoms with van der Waals surface area (Å²) in [6.07, 6.45) is 25.9. The number of hydrogen-bond donors (Lipinski definition) is 1. The molecular formula is C25H37N. The predicted molar refractivity (Wildman–Crippen MR) is 109 cm³/mol. The van der Waals surface area contributed by atoms with Gasteiger partial charge in [0.05, 0.1) is 0 Å². The highest BCUT2D eigenvalue weighted by atomic mass is 14.9. The summed E-state index contributed by atoms with van der Waals surface area (Å²) in [6, 6.07) is 0. The van der Waals surface area contributed by atoms with E-state index in [0.717, 1.165) is 29.6 Å². The van der Waals surface area contributed by atoms with Gasteiger partial charge in [0, 0.05) is 17.8 Å². The van der Waals surface area contributed by atoms with Crippen LogP contribution in [0.3, 0.4) is 0 Å². The van der Waals surface area contributed by atoms with Crippen molar-refractivity contribution in [1.82, 2.24) is 5.32 Å². The van der Waals surface area contributed by atoms with Gasteiger partial charge in [-0.05, 0) is 98.0 Å². The highest BCUT2D eigenvalue weighted by molar-refractivity contribution is 5.25. The highest BCUT2D eigenvalue weighted by Crippen LogP contribution is 2.67. The molecule has 1 heteroatoms. The Kier molecular flexibility index (Phi) is 4.14. The van der Waals surface area contributed by atoms with Gasteiger partial charge < -0.3 is 5.32 Å². The van der Waals surface area contributed by atoms with Crippen LogP contribution in [-0.4, -0.2) is 0 Å². The van der Waals surface area contributed by atoms with E-state index in [2.05, 4.69) is 49.7 Å². The van der Waals surface area contributed by atoms with Crippen molar-refractivity contribution in [2.75, 3.05) is 0 Å². The molecule has 5 aliphatic rings. The van der Waals surface area contributed by atoms with Gasteiger partial charge in [0.25, 0.3) is 0 Å². The van der Waals surface area contributed by atoms with E-state index in [1.165, 1.54) is 69.9 Å². The lowest BCUT2D eigenvalue weighted by atomic mass is 9.44. The summed E-state index contributed by atoms with van der Waals surface area (Å²) in [5, 5.41) is 3.63. The van der Waals surface area contributed by atoms with Crippen LogP contribution in [0.5, 0.6) is 0 Å². The predicted octanol–water partition coefficient (Wildman–Crippen LogP) is 6.59. The summed E-state index contributed by atoms with van der Waals surface area (Å²) >= 11 is 0. The van der Waals surface area contributed by atoms with Crippen LogP contribution in [0.4, 0.5) is 0 Å².